The second-order valence-corrected chi connectivity index (χ2v) is 5.30. The van der Waals surface area contributed by atoms with Crippen LogP contribution in [0.2, 0.25) is 0 Å². The fourth-order valence-electron chi connectivity index (χ4n) is 2.66. The molecule has 0 amide bonds. The summed E-state index contributed by atoms with van der Waals surface area (Å²) < 4.78 is 2.44. The molecule has 0 aromatic carbocycles. The highest BCUT2D eigenvalue weighted by molar-refractivity contribution is 5.24. The van der Waals surface area contributed by atoms with E-state index in [0.717, 1.165) is 0 Å². The predicted octanol–water partition coefficient (Wildman–Crippen LogP) is 2.25. The number of nitrogens with zero attached hydrogens (tertiary/aromatic N) is 1. The molecule has 1 saturated carbocycles. The van der Waals surface area contributed by atoms with Gasteiger partial charge in [0.1, 0.15) is 0 Å². The molecule has 0 radical (unpaired) electrons. The van der Waals surface area contributed by atoms with Gasteiger partial charge in [0.15, 0.2) is 0 Å². The molecule has 0 unspecified atom stereocenters. The van der Waals surface area contributed by atoms with Crippen molar-refractivity contribution in [3.63, 3.8) is 0 Å². The number of hydrogen-bond acceptors (Lipinski definition) is 1. The molecule has 1 aliphatic carbocycles. The fraction of sp³-hybridized carbons (Fsp3) is 0.692. The maximum Gasteiger partial charge on any atom is 0.0222 e. The summed E-state index contributed by atoms with van der Waals surface area (Å²) in [6.07, 6.45) is 11.1. The lowest BCUT2D eigenvalue weighted by molar-refractivity contribution is 0.525. The second kappa shape index (κ2) is 3.38. The first-order chi connectivity index (χ1) is 7.27. The van der Waals surface area contributed by atoms with E-state index in [4.69, 9.17) is 5.73 Å². The van der Waals surface area contributed by atoms with Gasteiger partial charge in [-0.2, -0.15) is 0 Å². The molecule has 0 saturated heterocycles. The van der Waals surface area contributed by atoms with Crippen molar-refractivity contribution in [1.29, 1.82) is 0 Å². The normalized spacial score (nSPS) is 22.5. The third-order valence-electron chi connectivity index (χ3n) is 4.02. The Labute approximate surface area is 91.5 Å². The van der Waals surface area contributed by atoms with Gasteiger partial charge in [-0.3, -0.25) is 0 Å². The summed E-state index contributed by atoms with van der Waals surface area (Å²) in [7, 11) is 0. The lowest BCUT2D eigenvalue weighted by Gasteiger charge is -2.17. The summed E-state index contributed by atoms with van der Waals surface area (Å²) >= 11 is 0. The third kappa shape index (κ3) is 1.83. The molecule has 1 aromatic rings. The van der Waals surface area contributed by atoms with Crippen LogP contribution in [0.4, 0.5) is 0 Å². The Hall–Kier alpha value is -0.760. The number of nitrogens with two attached hydrogens (primary N) is 1. The van der Waals surface area contributed by atoms with Crippen LogP contribution in [0.25, 0.3) is 0 Å². The van der Waals surface area contributed by atoms with Gasteiger partial charge in [0.05, 0.1) is 0 Å². The molecule has 15 heavy (non-hydrogen) atoms. The Bertz CT molecular complexity index is 361. The Kier molecular flexibility index (Phi) is 2.13. The molecule has 1 aliphatic heterocycles. The molecule has 2 heteroatoms. The van der Waals surface area contributed by atoms with Crippen LogP contribution in [0.5, 0.6) is 0 Å². The van der Waals surface area contributed by atoms with Crippen LogP contribution in [-0.2, 0) is 19.4 Å². The fourth-order valence-corrected chi connectivity index (χ4v) is 2.66. The van der Waals surface area contributed by atoms with E-state index in [-0.39, 0.29) is 5.54 Å². The van der Waals surface area contributed by atoms with E-state index in [2.05, 4.69) is 16.8 Å². The van der Waals surface area contributed by atoms with E-state index in [1.807, 2.05) is 0 Å². The number of rotatable bonds is 3. The van der Waals surface area contributed by atoms with Gasteiger partial charge in [0, 0.05) is 24.0 Å². The van der Waals surface area contributed by atoms with E-state index in [9.17, 15) is 0 Å². The zero-order valence-electron chi connectivity index (χ0n) is 9.34. The van der Waals surface area contributed by atoms with Crippen molar-refractivity contribution in [3.05, 3.63) is 23.5 Å². The average molecular weight is 204 g/mol. The molecule has 1 aromatic heterocycles. The Morgan fingerprint density at radius 1 is 1.33 bits per heavy atom. The van der Waals surface area contributed by atoms with Crippen LogP contribution in [-0.4, -0.2) is 10.1 Å². The Balaban J connectivity index is 1.71. The Morgan fingerprint density at radius 3 is 3.00 bits per heavy atom. The quantitative estimate of drug-likeness (QED) is 0.804. The molecular formula is C13H20N2. The van der Waals surface area contributed by atoms with Crippen LogP contribution < -0.4 is 5.73 Å². The molecular weight excluding hydrogens is 184 g/mol. The smallest absolute Gasteiger partial charge is 0.0222 e. The van der Waals surface area contributed by atoms with Crippen molar-refractivity contribution in [2.24, 2.45) is 5.73 Å². The first kappa shape index (κ1) is 9.46. The monoisotopic (exact) mass is 204 g/mol. The lowest BCUT2D eigenvalue weighted by atomic mass is 10.0. The average Bonchev–Trinajstić information content (AvgIpc) is 2.86. The number of fused-ring (bicyclic) bond motifs is 1. The maximum atomic E-state index is 6.13. The van der Waals surface area contributed by atoms with Gasteiger partial charge in [-0.1, -0.05) is 0 Å². The predicted molar refractivity (Wildman–Crippen MR) is 61.8 cm³/mol. The molecule has 0 spiro atoms. The molecule has 2 aliphatic rings. The van der Waals surface area contributed by atoms with Gasteiger partial charge in [0.25, 0.3) is 0 Å². The van der Waals surface area contributed by atoms with E-state index in [1.54, 1.807) is 11.3 Å². The van der Waals surface area contributed by atoms with Gasteiger partial charge in [0.2, 0.25) is 0 Å². The maximum absolute atomic E-state index is 6.13. The van der Waals surface area contributed by atoms with Crippen LogP contribution >= 0.6 is 0 Å². The SMILES string of the molecule is NC1(CCc2ccn3c2CCCC3)CC1. The van der Waals surface area contributed by atoms with Crippen molar-refractivity contribution in [2.75, 3.05) is 0 Å². The molecule has 0 atom stereocenters. The van der Waals surface area contributed by atoms with Crippen molar-refractivity contribution < 1.29 is 0 Å². The van der Waals surface area contributed by atoms with Crippen molar-refractivity contribution in [3.8, 4) is 0 Å². The van der Waals surface area contributed by atoms with Gasteiger partial charge in [-0.15, -0.1) is 0 Å². The van der Waals surface area contributed by atoms with E-state index >= 15 is 0 Å². The molecule has 2 N–H and O–H groups in total. The number of hydrogen-bond donors (Lipinski definition) is 1. The highest BCUT2D eigenvalue weighted by Crippen LogP contribution is 2.37. The topological polar surface area (TPSA) is 30.9 Å². The van der Waals surface area contributed by atoms with Gasteiger partial charge >= 0.3 is 0 Å². The number of aryl methyl sites for hydroxylation is 2. The van der Waals surface area contributed by atoms with Crippen LogP contribution in [0, 0.1) is 0 Å². The summed E-state index contributed by atoms with van der Waals surface area (Å²) in [5.41, 5.74) is 9.49. The van der Waals surface area contributed by atoms with Gasteiger partial charge < -0.3 is 10.3 Å². The molecule has 2 heterocycles. The minimum absolute atomic E-state index is 0.212. The van der Waals surface area contributed by atoms with Crippen LogP contribution in [0.15, 0.2) is 12.3 Å². The van der Waals surface area contributed by atoms with E-state index in [0.29, 0.717) is 0 Å². The second-order valence-electron chi connectivity index (χ2n) is 5.30. The largest absolute Gasteiger partial charge is 0.351 e. The van der Waals surface area contributed by atoms with Crippen molar-refractivity contribution in [1.82, 2.24) is 4.57 Å². The summed E-state index contributed by atoms with van der Waals surface area (Å²) in [4.78, 5) is 0. The highest BCUT2D eigenvalue weighted by atomic mass is 15.0. The van der Waals surface area contributed by atoms with E-state index in [1.165, 1.54) is 51.5 Å². The van der Waals surface area contributed by atoms with Crippen molar-refractivity contribution >= 4 is 0 Å². The van der Waals surface area contributed by atoms with Gasteiger partial charge in [-0.25, -0.2) is 0 Å². The van der Waals surface area contributed by atoms with Gasteiger partial charge in [-0.05, 0) is 56.6 Å². The minimum Gasteiger partial charge on any atom is -0.351 e. The molecule has 3 rings (SSSR count). The third-order valence-corrected chi connectivity index (χ3v) is 4.02. The summed E-state index contributed by atoms with van der Waals surface area (Å²) in [5.74, 6) is 0. The first-order valence-electron chi connectivity index (χ1n) is 6.23. The summed E-state index contributed by atoms with van der Waals surface area (Å²) in [5, 5.41) is 0. The molecule has 0 bridgehead atoms. The van der Waals surface area contributed by atoms with E-state index < -0.39 is 0 Å². The number of aromatic nitrogens is 1. The molecule has 82 valence electrons. The zero-order chi connectivity index (χ0) is 10.3. The first-order valence-corrected chi connectivity index (χ1v) is 6.23. The summed E-state index contributed by atoms with van der Waals surface area (Å²) in [6, 6.07) is 2.31. The zero-order valence-corrected chi connectivity index (χ0v) is 9.34. The van der Waals surface area contributed by atoms with Crippen molar-refractivity contribution in [2.45, 2.75) is 57.0 Å². The molecule has 2 nitrogen and oxygen atoms in total. The molecule has 1 fully saturated rings. The minimum atomic E-state index is 0.212. The highest BCUT2D eigenvalue weighted by Gasteiger charge is 2.37. The lowest BCUT2D eigenvalue weighted by Crippen LogP contribution is -2.22. The Morgan fingerprint density at radius 2 is 2.20 bits per heavy atom. The standard InChI is InChI=1S/C13H20N2/c14-13(7-8-13)6-4-11-5-10-15-9-2-1-3-12(11)15/h5,10H,1-4,6-9,14H2. The summed E-state index contributed by atoms with van der Waals surface area (Å²) in [6.45, 7) is 1.23. The van der Waals surface area contributed by atoms with Crippen LogP contribution in [0.1, 0.15) is 43.4 Å². The van der Waals surface area contributed by atoms with Crippen LogP contribution in [0.3, 0.4) is 0 Å².